The summed E-state index contributed by atoms with van der Waals surface area (Å²) in [4.78, 5) is 22.0. The van der Waals surface area contributed by atoms with Gasteiger partial charge >= 0.3 is 5.97 Å². The van der Waals surface area contributed by atoms with E-state index in [9.17, 15) is 14.7 Å². The summed E-state index contributed by atoms with van der Waals surface area (Å²) in [5.74, 6) is -1.94. The Morgan fingerprint density at radius 3 is 2.40 bits per heavy atom. The van der Waals surface area contributed by atoms with Gasteiger partial charge in [-0.1, -0.05) is 19.3 Å². The molecular formula is C11H17O4-. The second kappa shape index (κ2) is 5.73. The SMILES string of the molecule is COC(=O)[C@@H](CC(=O)[O-])C1CCCCC1. The van der Waals surface area contributed by atoms with E-state index < -0.39 is 17.9 Å². The van der Waals surface area contributed by atoms with Crippen molar-refractivity contribution in [2.45, 2.75) is 38.5 Å². The van der Waals surface area contributed by atoms with Gasteiger partial charge in [-0.3, -0.25) is 4.79 Å². The molecule has 0 saturated heterocycles. The number of carboxylic acid groups (broad SMARTS) is 1. The van der Waals surface area contributed by atoms with Gasteiger partial charge in [0.25, 0.3) is 0 Å². The van der Waals surface area contributed by atoms with Crippen LogP contribution in [0.3, 0.4) is 0 Å². The number of ether oxygens (including phenoxy) is 1. The van der Waals surface area contributed by atoms with Crippen molar-refractivity contribution in [3.8, 4) is 0 Å². The Balaban J connectivity index is 2.60. The normalized spacial score (nSPS) is 19.5. The van der Waals surface area contributed by atoms with E-state index in [4.69, 9.17) is 0 Å². The standard InChI is InChI=1S/C11H18O4/c1-15-11(14)9(7-10(12)13)8-5-3-2-4-6-8/h8-9H,2-7H2,1H3,(H,12,13)/p-1/t9-/m0/s1. The number of hydrogen-bond acceptors (Lipinski definition) is 4. The summed E-state index contributed by atoms with van der Waals surface area (Å²) in [6.45, 7) is 0. The summed E-state index contributed by atoms with van der Waals surface area (Å²) >= 11 is 0. The van der Waals surface area contributed by atoms with Crippen molar-refractivity contribution < 1.29 is 19.4 Å². The third-order valence-electron chi connectivity index (χ3n) is 3.11. The van der Waals surface area contributed by atoms with Crippen molar-refractivity contribution >= 4 is 11.9 Å². The monoisotopic (exact) mass is 213 g/mol. The van der Waals surface area contributed by atoms with Gasteiger partial charge in [-0.25, -0.2) is 0 Å². The lowest BCUT2D eigenvalue weighted by Crippen LogP contribution is -2.34. The first-order valence-corrected chi connectivity index (χ1v) is 5.43. The average molecular weight is 213 g/mol. The van der Waals surface area contributed by atoms with Gasteiger partial charge in [0.2, 0.25) is 0 Å². The maximum Gasteiger partial charge on any atom is 0.309 e. The molecule has 0 aromatic heterocycles. The van der Waals surface area contributed by atoms with E-state index >= 15 is 0 Å². The molecule has 86 valence electrons. The summed E-state index contributed by atoms with van der Waals surface area (Å²) in [6.07, 6.45) is 4.96. The van der Waals surface area contributed by atoms with Crippen LogP contribution in [0.1, 0.15) is 38.5 Å². The van der Waals surface area contributed by atoms with Gasteiger partial charge in [0.05, 0.1) is 13.0 Å². The van der Waals surface area contributed by atoms with Crippen LogP contribution in [0.25, 0.3) is 0 Å². The summed E-state index contributed by atoms with van der Waals surface area (Å²) in [7, 11) is 1.30. The first-order valence-electron chi connectivity index (χ1n) is 5.43. The second-order valence-electron chi connectivity index (χ2n) is 4.10. The zero-order chi connectivity index (χ0) is 11.3. The predicted octanol–water partition coefficient (Wildman–Crippen LogP) is 0.496. The Morgan fingerprint density at radius 2 is 1.93 bits per heavy atom. The summed E-state index contributed by atoms with van der Waals surface area (Å²) in [6, 6.07) is 0. The van der Waals surface area contributed by atoms with Gasteiger partial charge < -0.3 is 14.6 Å². The molecule has 1 atom stereocenters. The lowest BCUT2D eigenvalue weighted by atomic mass is 9.78. The lowest BCUT2D eigenvalue weighted by molar-refractivity contribution is -0.307. The number of carbonyl (C=O) groups is 2. The topological polar surface area (TPSA) is 66.4 Å². The van der Waals surface area contributed by atoms with Crippen LogP contribution >= 0.6 is 0 Å². The zero-order valence-corrected chi connectivity index (χ0v) is 9.03. The van der Waals surface area contributed by atoms with Crippen LogP contribution in [-0.4, -0.2) is 19.0 Å². The van der Waals surface area contributed by atoms with E-state index in [1.54, 1.807) is 0 Å². The molecule has 0 aromatic carbocycles. The molecular weight excluding hydrogens is 196 g/mol. The number of carbonyl (C=O) groups excluding carboxylic acids is 2. The Morgan fingerprint density at radius 1 is 1.33 bits per heavy atom. The maximum absolute atomic E-state index is 11.4. The zero-order valence-electron chi connectivity index (χ0n) is 9.03. The Hall–Kier alpha value is -1.06. The van der Waals surface area contributed by atoms with Crippen molar-refractivity contribution in [2.75, 3.05) is 7.11 Å². The first kappa shape index (κ1) is 12.0. The molecule has 4 heteroatoms. The molecule has 0 spiro atoms. The molecule has 1 saturated carbocycles. The molecule has 0 N–H and O–H groups in total. The minimum atomic E-state index is -1.17. The van der Waals surface area contributed by atoms with E-state index in [0.717, 1.165) is 25.7 Å². The molecule has 0 radical (unpaired) electrons. The van der Waals surface area contributed by atoms with Crippen molar-refractivity contribution in [3.63, 3.8) is 0 Å². The van der Waals surface area contributed by atoms with Crippen LogP contribution in [0, 0.1) is 11.8 Å². The Kier molecular flexibility index (Phi) is 4.59. The van der Waals surface area contributed by atoms with Gasteiger partial charge in [0.1, 0.15) is 0 Å². The molecule has 4 nitrogen and oxygen atoms in total. The van der Waals surface area contributed by atoms with E-state index in [1.165, 1.54) is 13.5 Å². The first-order chi connectivity index (χ1) is 7.15. The minimum absolute atomic E-state index is 0.157. The third kappa shape index (κ3) is 3.53. The van der Waals surface area contributed by atoms with Crippen molar-refractivity contribution in [1.29, 1.82) is 0 Å². The van der Waals surface area contributed by atoms with Crippen LogP contribution in [0.5, 0.6) is 0 Å². The van der Waals surface area contributed by atoms with Gasteiger partial charge in [0, 0.05) is 12.4 Å². The molecule has 0 amide bonds. The molecule has 1 aliphatic carbocycles. The highest BCUT2D eigenvalue weighted by molar-refractivity contribution is 5.78. The van der Waals surface area contributed by atoms with Crippen molar-refractivity contribution in [1.82, 2.24) is 0 Å². The van der Waals surface area contributed by atoms with Gasteiger partial charge in [-0.05, 0) is 18.8 Å². The Labute approximate surface area is 89.6 Å². The van der Waals surface area contributed by atoms with E-state index in [1.807, 2.05) is 0 Å². The fourth-order valence-corrected chi connectivity index (χ4v) is 2.31. The number of aliphatic carboxylic acids is 1. The average Bonchev–Trinajstić information content (AvgIpc) is 2.26. The highest BCUT2D eigenvalue weighted by Gasteiger charge is 2.30. The number of hydrogen-bond donors (Lipinski definition) is 0. The van der Waals surface area contributed by atoms with E-state index in [0.29, 0.717) is 0 Å². The van der Waals surface area contributed by atoms with E-state index in [-0.39, 0.29) is 12.3 Å². The largest absolute Gasteiger partial charge is 0.550 e. The molecule has 15 heavy (non-hydrogen) atoms. The van der Waals surface area contributed by atoms with Crippen molar-refractivity contribution in [2.24, 2.45) is 11.8 Å². The van der Waals surface area contributed by atoms with Crippen LogP contribution < -0.4 is 5.11 Å². The smallest absolute Gasteiger partial charge is 0.309 e. The van der Waals surface area contributed by atoms with Crippen LogP contribution in [0.4, 0.5) is 0 Å². The van der Waals surface area contributed by atoms with Gasteiger partial charge in [-0.2, -0.15) is 0 Å². The highest BCUT2D eigenvalue weighted by atomic mass is 16.5. The fraction of sp³-hybridized carbons (Fsp3) is 0.818. The number of esters is 1. The molecule has 0 heterocycles. The van der Waals surface area contributed by atoms with Gasteiger partial charge in [0.15, 0.2) is 0 Å². The third-order valence-corrected chi connectivity index (χ3v) is 3.11. The molecule has 0 unspecified atom stereocenters. The highest BCUT2D eigenvalue weighted by Crippen LogP contribution is 2.32. The maximum atomic E-state index is 11.4. The van der Waals surface area contributed by atoms with Crippen LogP contribution in [0.2, 0.25) is 0 Å². The van der Waals surface area contributed by atoms with Crippen molar-refractivity contribution in [3.05, 3.63) is 0 Å². The second-order valence-corrected chi connectivity index (χ2v) is 4.10. The van der Waals surface area contributed by atoms with E-state index in [2.05, 4.69) is 4.74 Å². The summed E-state index contributed by atoms with van der Waals surface area (Å²) in [5, 5.41) is 10.6. The summed E-state index contributed by atoms with van der Waals surface area (Å²) < 4.78 is 4.64. The molecule has 1 fully saturated rings. The number of carboxylic acids is 1. The minimum Gasteiger partial charge on any atom is -0.550 e. The molecule has 0 bridgehead atoms. The fourth-order valence-electron chi connectivity index (χ4n) is 2.31. The molecule has 1 rings (SSSR count). The summed E-state index contributed by atoms with van der Waals surface area (Å²) in [5.41, 5.74) is 0. The molecule has 0 aliphatic heterocycles. The van der Waals surface area contributed by atoms with Crippen LogP contribution in [0.15, 0.2) is 0 Å². The van der Waals surface area contributed by atoms with Crippen LogP contribution in [-0.2, 0) is 14.3 Å². The predicted molar refractivity (Wildman–Crippen MR) is 51.7 cm³/mol. The molecule has 1 aliphatic rings. The quantitative estimate of drug-likeness (QED) is 0.638. The number of methoxy groups -OCH3 is 1. The Bertz CT molecular complexity index is 231. The van der Waals surface area contributed by atoms with Gasteiger partial charge in [-0.15, -0.1) is 0 Å². The molecule has 0 aromatic rings. The number of rotatable bonds is 4. The lowest BCUT2D eigenvalue weighted by Gasteiger charge is -2.28.